The second-order valence-electron chi connectivity index (χ2n) is 9.27. The second-order valence-corrected chi connectivity index (χ2v) is 11.2. The highest BCUT2D eigenvalue weighted by Crippen LogP contribution is 2.43. The molecule has 0 bridgehead atoms. The van der Waals surface area contributed by atoms with Crippen LogP contribution in [0.4, 0.5) is 0 Å². The van der Waals surface area contributed by atoms with Crippen molar-refractivity contribution in [2.24, 2.45) is 4.99 Å². The van der Waals surface area contributed by atoms with E-state index in [9.17, 15) is 9.90 Å². The van der Waals surface area contributed by atoms with Crippen LogP contribution in [-0.2, 0) is 6.42 Å². The van der Waals surface area contributed by atoms with Crippen molar-refractivity contribution in [1.29, 1.82) is 0 Å². The van der Waals surface area contributed by atoms with Crippen LogP contribution < -0.4 is 29.1 Å². The summed E-state index contributed by atoms with van der Waals surface area (Å²) in [7, 11) is 4.70. The van der Waals surface area contributed by atoms with E-state index in [0.29, 0.717) is 32.1 Å². The van der Waals surface area contributed by atoms with Gasteiger partial charge in [-0.25, -0.2) is 4.99 Å². The van der Waals surface area contributed by atoms with Crippen LogP contribution in [0.3, 0.4) is 0 Å². The number of fused-ring (bicyclic) bond motifs is 3. The smallest absolute Gasteiger partial charge is 0.271 e. The van der Waals surface area contributed by atoms with Gasteiger partial charge in [0.1, 0.15) is 0 Å². The maximum atomic E-state index is 14.0. The van der Waals surface area contributed by atoms with Crippen molar-refractivity contribution in [2.75, 3.05) is 21.3 Å². The number of halogens is 1. The van der Waals surface area contributed by atoms with Crippen molar-refractivity contribution < 1.29 is 19.3 Å². The Hall–Kier alpha value is -3.82. The van der Waals surface area contributed by atoms with Gasteiger partial charge in [0.15, 0.2) is 27.8 Å². The molecule has 9 heteroatoms. The molecule has 1 N–H and O–H groups in total. The third-order valence-electron chi connectivity index (χ3n) is 7.17. The number of methoxy groups -OCH3 is 3. The molecule has 1 atom stereocenters. The first-order chi connectivity index (χ1) is 18.9. The fraction of sp³-hybridized carbons (Fsp3) is 0.200. The Balaban J connectivity index is 1.63. The molecule has 2 aliphatic rings. The minimum absolute atomic E-state index is 0.0313. The number of phenolic OH excluding ortho intramolecular Hbond substituents is 1. The first kappa shape index (κ1) is 25.5. The summed E-state index contributed by atoms with van der Waals surface area (Å²) < 4.78 is 19.3. The lowest BCUT2D eigenvalue weighted by Crippen LogP contribution is -2.38. The highest BCUT2D eigenvalue weighted by molar-refractivity contribution is 9.10. The predicted molar refractivity (Wildman–Crippen MR) is 155 cm³/mol. The van der Waals surface area contributed by atoms with Gasteiger partial charge >= 0.3 is 0 Å². The second kappa shape index (κ2) is 10.1. The Morgan fingerprint density at radius 3 is 2.54 bits per heavy atom. The summed E-state index contributed by atoms with van der Waals surface area (Å²) >= 11 is 4.76. The number of benzene rings is 3. The van der Waals surface area contributed by atoms with E-state index in [1.165, 1.54) is 24.0 Å². The molecule has 6 rings (SSSR count). The average molecular weight is 606 g/mol. The van der Waals surface area contributed by atoms with Gasteiger partial charge in [-0.15, -0.1) is 0 Å². The van der Waals surface area contributed by atoms with Crippen molar-refractivity contribution in [3.05, 3.63) is 107 Å². The molecular weight excluding hydrogens is 580 g/mol. The number of phenols is 1. The topological polar surface area (TPSA) is 82.3 Å². The molecule has 0 amide bonds. The summed E-state index contributed by atoms with van der Waals surface area (Å²) in [5, 5.41) is 10.7. The quantitative estimate of drug-likeness (QED) is 0.353. The number of aromatic nitrogens is 1. The van der Waals surface area contributed by atoms with Gasteiger partial charge in [-0.1, -0.05) is 57.6 Å². The lowest BCUT2D eigenvalue weighted by molar-refractivity contribution is 0.354. The Kier molecular flexibility index (Phi) is 6.56. The molecule has 0 radical (unpaired) electrons. The van der Waals surface area contributed by atoms with Crippen molar-refractivity contribution in [2.45, 2.75) is 18.9 Å². The van der Waals surface area contributed by atoms with E-state index < -0.39 is 0 Å². The van der Waals surface area contributed by atoms with E-state index in [1.54, 1.807) is 37.0 Å². The normalized spacial score (nSPS) is 16.2. The number of rotatable bonds is 5. The van der Waals surface area contributed by atoms with Gasteiger partial charge in [-0.2, -0.15) is 0 Å². The van der Waals surface area contributed by atoms with E-state index >= 15 is 0 Å². The van der Waals surface area contributed by atoms with Crippen LogP contribution in [0.1, 0.15) is 34.7 Å². The standard InChI is InChI=1S/C30H25BrN2O5S/c1-36-22-11-9-17(13-23(22)37-2)27-21-10-8-16-6-4-5-7-20(16)26(21)32-30-33(27)29(35)25(39-30)14-18-12-19(31)15-24(38-3)28(18)34/h4-7,9,11-15,27,34H,8,10H2,1-3H3/b25-14-/t27-/m1/s1. The molecule has 198 valence electrons. The first-order valence-electron chi connectivity index (χ1n) is 12.3. The van der Waals surface area contributed by atoms with E-state index in [-0.39, 0.29) is 17.4 Å². The molecule has 0 saturated heterocycles. The number of ether oxygens (including phenoxy) is 3. The monoisotopic (exact) mass is 604 g/mol. The average Bonchev–Trinajstić information content (AvgIpc) is 3.27. The van der Waals surface area contributed by atoms with Gasteiger partial charge in [-0.3, -0.25) is 9.36 Å². The van der Waals surface area contributed by atoms with Crippen LogP contribution in [0.25, 0.3) is 11.8 Å². The van der Waals surface area contributed by atoms with Gasteiger partial charge in [-0.05, 0) is 59.9 Å². The molecule has 7 nitrogen and oxygen atoms in total. The fourth-order valence-corrected chi connectivity index (χ4v) is 6.79. The number of aryl methyl sites for hydroxylation is 1. The summed E-state index contributed by atoms with van der Waals surface area (Å²) in [5.74, 6) is 1.50. The number of hydrogen-bond acceptors (Lipinski definition) is 7. The van der Waals surface area contributed by atoms with Crippen molar-refractivity contribution >= 4 is 39.0 Å². The Morgan fingerprint density at radius 1 is 1.00 bits per heavy atom. The first-order valence-corrected chi connectivity index (χ1v) is 14.0. The third kappa shape index (κ3) is 4.26. The minimum atomic E-state index is -0.364. The van der Waals surface area contributed by atoms with Crippen LogP contribution in [-0.4, -0.2) is 31.0 Å². The zero-order chi connectivity index (χ0) is 27.3. The zero-order valence-electron chi connectivity index (χ0n) is 21.5. The number of hydrogen-bond donors (Lipinski definition) is 1. The van der Waals surface area contributed by atoms with Crippen LogP contribution in [0, 0.1) is 0 Å². The van der Waals surface area contributed by atoms with Crippen LogP contribution in [0.15, 0.2) is 74.4 Å². The largest absolute Gasteiger partial charge is 0.504 e. The Labute approximate surface area is 237 Å². The SMILES string of the molecule is COc1ccc([C@@H]2C3=C(N=c4s/c(=C\c5cc(Br)cc(OC)c5O)c(=O)n42)c2ccccc2CC3)cc1OC. The molecule has 1 aromatic heterocycles. The Morgan fingerprint density at radius 2 is 1.77 bits per heavy atom. The summed E-state index contributed by atoms with van der Waals surface area (Å²) in [6.45, 7) is 0. The van der Waals surface area contributed by atoms with Crippen molar-refractivity contribution in [1.82, 2.24) is 4.57 Å². The zero-order valence-corrected chi connectivity index (χ0v) is 23.9. The van der Waals surface area contributed by atoms with Crippen molar-refractivity contribution in [3.8, 4) is 23.0 Å². The van der Waals surface area contributed by atoms with Gasteiger partial charge in [0.05, 0.1) is 37.6 Å². The highest BCUT2D eigenvalue weighted by atomic mass is 79.9. The Bertz CT molecular complexity index is 1840. The molecule has 0 unspecified atom stereocenters. The van der Waals surface area contributed by atoms with E-state index in [4.69, 9.17) is 19.2 Å². The maximum Gasteiger partial charge on any atom is 0.271 e. The summed E-state index contributed by atoms with van der Waals surface area (Å²) in [6.07, 6.45) is 3.33. The third-order valence-corrected chi connectivity index (χ3v) is 8.61. The van der Waals surface area contributed by atoms with Gasteiger partial charge in [0.2, 0.25) is 0 Å². The molecule has 1 aliphatic carbocycles. The molecular formula is C30H25BrN2O5S. The maximum absolute atomic E-state index is 14.0. The summed E-state index contributed by atoms with van der Waals surface area (Å²) in [6, 6.07) is 17.1. The van der Waals surface area contributed by atoms with E-state index in [2.05, 4.69) is 28.1 Å². The van der Waals surface area contributed by atoms with Crippen molar-refractivity contribution in [3.63, 3.8) is 0 Å². The van der Waals surface area contributed by atoms with Gasteiger partial charge in [0.25, 0.3) is 5.56 Å². The van der Waals surface area contributed by atoms with E-state index in [1.807, 2.05) is 30.3 Å². The van der Waals surface area contributed by atoms with Crippen LogP contribution >= 0.6 is 27.3 Å². The molecule has 3 aromatic carbocycles. The minimum Gasteiger partial charge on any atom is -0.504 e. The molecule has 0 fully saturated rings. The highest BCUT2D eigenvalue weighted by Gasteiger charge is 2.33. The van der Waals surface area contributed by atoms with Crippen LogP contribution in [0.2, 0.25) is 0 Å². The number of nitrogens with zero attached hydrogens (tertiary/aromatic N) is 2. The van der Waals surface area contributed by atoms with Crippen LogP contribution in [0.5, 0.6) is 23.0 Å². The molecule has 4 aromatic rings. The molecule has 1 aliphatic heterocycles. The molecule has 2 heterocycles. The number of aromatic hydroxyl groups is 1. The van der Waals surface area contributed by atoms with E-state index in [0.717, 1.165) is 39.7 Å². The lowest BCUT2D eigenvalue weighted by Gasteiger charge is -2.31. The molecule has 0 saturated carbocycles. The summed E-state index contributed by atoms with van der Waals surface area (Å²) in [4.78, 5) is 19.7. The predicted octanol–water partition coefficient (Wildman–Crippen LogP) is 4.81. The summed E-state index contributed by atoms with van der Waals surface area (Å²) in [5.41, 5.74) is 5.55. The lowest BCUT2D eigenvalue weighted by atomic mass is 9.83. The van der Waals surface area contributed by atoms with Gasteiger partial charge < -0.3 is 19.3 Å². The molecule has 39 heavy (non-hydrogen) atoms. The molecule has 0 spiro atoms. The fourth-order valence-electron chi connectivity index (χ4n) is 5.35. The van der Waals surface area contributed by atoms with Gasteiger partial charge in [0, 0.05) is 15.6 Å². The number of allylic oxidation sites excluding steroid dienone is 1. The number of thiazole rings is 1.